The van der Waals surface area contributed by atoms with Crippen molar-refractivity contribution in [2.24, 2.45) is 5.92 Å². The summed E-state index contributed by atoms with van der Waals surface area (Å²) >= 11 is 1.43. The van der Waals surface area contributed by atoms with Crippen LogP contribution in [-0.4, -0.2) is 37.2 Å². The molecule has 0 saturated heterocycles. The predicted octanol–water partition coefficient (Wildman–Crippen LogP) is 5.70. The largest absolute Gasteiger partial charge is 0.493 e. The van der Waals surface area contributed by atoms with Gasteiger partial charge in [-0.25, -0.2) is 4.98 Å². The lowest BCUT2D eigenvalue weighted by atomic mass is 10.0. The molecular formula is C27H29N3O3S. The lowest BCUT2D eigenvalue weighted by Gasteiger charge is -2.15. The zero-order chi connectivity index (χ0) is 24.2. The van der Waals surface area contributed by atoms with Crippen molar-refractivity contribution in [2.45, 2.75) is 13.8 Å². The number of anilines is 1. The van der Waals surface area contributed by atoms with E-state index in [2.05, 4.69) is 13.8 Å². The minimum Gasteiger partial charge on any atom is -0.493 e. The van der Waals surface area contributed by atoms with Gasteiger partial charge in [0.05, 0.1) is 25.0 Å². The fourth-order valence-corrected chi connectivity index (χ4v) is 4.33. The zero-order valence-electron chi connectivity index (χ0n) is 20.1. The average Bonchev–Trinajstić information content (AvgIpc) is 3.30. The summed E-state index contributed by atoms with van der Waals surface area (Å²) in [7, 11) is 5.61. The van der Waals surface area contributed by atoms with Crippen molar-refractivity contribution in [3.8, 4) is 22.6 Å². The summed E-state index contributed by atoms with van der Waals surface area (Å²) in [5.41, 5.74) is 3.83. The summed E-state index contributed by atoms with van der Waals surface area (Å²) in [6.45, 7) is 4.78. The lowest BCUT2D eigenvalue weighted by molar-refractivity contribution is 0.256. The Kier molecular flexibility index (Phi) is 7.03. The van der Waals surface area contributed by atoms with Gasteiger partial charge in [-0.3, -0.25) is 9.20 Å². The van der Waals surface area contributed by atoms with Crippen molar-refractivity contribution >= 4 is 34.1 Å². The van der Waals surface area contributed by atoms with Crippen LogP contribution in [0.2, 0.25) is 0 Å². The van der Waals surface area contributed by atoms with E-state index in [4.69, 9.17) is 14.5 Å². The Hall–Kier alpha value is -3.58. The molecule has 0 N–H and O–H groups in total. The molecule has 0 unspecified atom stereocenters. The maximum absolute atomic E-state index is 13.4. The molecule has 0 aliphatic carbocycles. The van der Waals surface area contributed by atoms with E-state index >= 15 is 0 Å². The lowest BCUT2D eigenvalue weighted by Crippen LogP contribution is -2.17. The fourth-order valence-electron chi connectivity index (χ4n) is 3.61. The molecule has 0 bridgehead atoms. The van der Waals surface area contributed by atoms with E-state index in [1.54, 1.807) is 17.7 Å². The summed E-state index contributed by atoms with van der Waals surface area (Å²) in [5.74, 6) is 1.73. The average molecular weight is 476 g/mol. The second kappa shape index (κ2) is 10.1. The highest BCUT2D eigenvalue weighted by Crippen LogP contribution is 2.33. The van der Waals surface area contributed by atoms with Gasteiger partial charge in [-0.1, -0.05) is 38.1 Å². The Morgan fingerprint density at radius 1 is 1.12 bits per heavy atom. The van der Waals surface area contributed by atoms with Crippen LogP contribution in [0.25, 0.3) is 28.2 Å². The molecule has 0 aliphatic heterocycles. The maximum atomic E-state index is 13.4. The molecule has 4 aromatic rings. The number of aromatic nitrogens is 2. The van der Waals surface area contributed by atoms with Crippen LogP contribution in [0.15, 0.2) is 58.8 Å². The van der Waals surface area contributed by atoms with Crippen molar-refractivity contribution in [3.05, 3.63) is 75.7 Å². The molecule has 0 atom stereocenters. The Morgan fingerprint density at radius 2 is 1.88 bits per heavy atom. The summed E-state index contributed by atoms with van der Waals surface area (Å²) in [6, 6.07) is 13.7. The highest BCUT2D eigenvalue weighted by molar-refractivity contribution is 7.15. The van der Waals surface area contributed by atoms with Gasteiger partial charge in [0, 0.05) is 36.9 Å². The van der Waals surface area contributed by atoms with Crippen LogP contribution in [0.5, 0.6) is 11.5 Å². The molecule has 0 spiro atoms. The molecule has 6 nitrogen and oxygen atoms in total. The molecule has 0 radical (unpaired) electrons. The third-order valence-corrected chi connectivity index (χ3v) is 6.13. The van der Waals surface area contributed by atoms with E-state index in [-0.39, 0.29) is 5.56 Å². The summed E-state index contributed by atoms with van der Waals surface area (Å²) in [6.07, 6.45) is 5.58. The van der Waals surface area contributed by atoms with E-state index in [1.165, 1.54) is 11.3 Å². The van der Waals surface area contributed by atoms with Crippen LogP contribution in [-0.2, 0) is 0 Å². The smallest absolute Gasteiger partial charge is 0.266 e. The van der Waals surface area contributed by atoms with Gasteiger partial charge in [0.15, 0.2) is 16.5 Å². The Bertz CT molecular complexity index is 1370. The van der Waals surface area contributed by atoms with Gasteiger partial charge >= 0.3 is 0 Å². The number of nitrogens with zero attached hydrogens (tertiary/aromatic N) is 3. The first-order valence-electron chi connectivity index (χ1n) is 11.1. The normalized spacial score (nSPS) is 11.5. The van der Waals surface area contributed by atoms with Crippen molar-refractivity contribution < 1.29 is 9.47 Å². The van der Waals surface area contributed by atoms with E-state index in [0.29, 0.717) is 40.2 Å². The van der Waals surface area contributed by atoms with Crippen molar-refractivity contribution in [1.82, 2.24) is 9.38 Å². The monoisotopic (exact) mass is 475 g/mol. The highest BCUT2D eigenvalue weighted by atomic mass is 32.1. The molecule has 4 rings (SSSR count). The first kappa shape index (κ1) is 23.6. The van der Waals surface area contributed by atoms with Gasteiger partial charge in [-0.2, -0.15) is 0 Å². The standard InChI is InChI=1S/C27H29N3O3S/c1-18(2)17-33-25-20(7-6-8-23(25)32-5)11-14-22-24(19-9-12-21(13-10-19)29(3)4)26(31)30-15-16-34-27(30)28-22/h6-16,18H,17H2,1-5H3/b14-11+. The van der Waals surface area contributed by atoms with E-state index < -0.39 is 0 Å². The molecule has 0 aliphatic rings. The van der Waals surface area contributed by atoms with Crippen LogP contribution in [0.1, 0.15) is 25.1 Å². The number of methoxy groups -OCH3 is 1. The van der Waals surface area contributed by atoms with Crippen LogP contribution < -0.4 is 19.9 Å². The molecule has 0 fully saturated rings. The molecule has 0 saturated carbocycles. The van der Waals surface area contributed by atoms with Gasteiger partial charge in [0.25, 0.3) is 5.56 Å². The number of hydrogen-bond acceptors (Lipinski definition) is 6. The zero-order valence-corrected chi connectivity index (χ0v) is 20.9. The Balaban J connectivity index is 1.83. The van der Waals surface area contributed by atoms with Crippen LogP contribution >= 0.6 is 11.3 Å². The molecule has 176 valence electrons. The molecule has 2 heterocycles. The SMILES string of the molecule is COc1cccc(/C=C/c2nc3sccn3c(=O)c2-c2ccc(N(C)C)cc2)c1OCC(C)C. The summed E-state index contributed by atoms with van der Waals surface area (Å²) < 4.78 is 13.2. The number of hydrogen-bond donors (Lipinski definition) is 0. The number of para-hydroxylation sites is 1. The summed E-state index contributed by atoms with van der Waals surface area (Å²) in [5, 5.41) is 1.87. The minimum absolute atomic E-state index is 0.0922. The first-order valence-corrected chi connectivity index (χ1v) is 12.0. The van der Waals surface area contributed by atoms with Gasteiger partial charge < -0.3 is 14.4 Å². The Morgan fingerprint density at radius 3 is 2.56 bits per heavy atom. The van der Waals surface area contributed by atoms with E-state index in [1.807, 2.05) is 79.0 Å². The molecular weight excluding hydrogens is 446 g/mol. The highest BCUT2D eigenvalue weighted by Gasteiger charge is 2.15. The van der Waals surface area contributed by atoms with E-state index in [9.17, 15) is 4.79 Å². The van der Waals surface area contributed by atoms with Gasteiger partial charge in [0.1, 0.15) is 0 Å². The summed E-state index contributed by atoms with van der Waals surface area (Å²) in [4.78, 5) is 20.9. The first-order chi connectivity index (χ1) is 16.4. The molecule has 7 heteroatoms. The van der Waals surface area contributed by atoms with Crippen LogP contribution in [0, 0.1) is 5.92 Å². The van der Waals surface area contributed by atoms with Crippen LogP contribution in [0.4, 0.5) is 5.69 Å². The Labute approximate surface area is 203 Å². The number of thiazole rings is 1. The number of fused-ring (bicyclic) bond motifs is 1. The maximum Gasteiger partial charge on any atom is 0.266 e. The van der Waals surface area contributed by atoms with Gasteiger partial charge in [0.2, 0.25) is 0 Å². The molecule has 0 amide bonds. The number of rotatable bonds is 8. The second-order valence-corrected chi connectivity index (χ2v) is 9.46. The van der Waals surface area contributed by atoms with E-state index in [0.717, 1.165) is 16.8 Å². The second-order valence-electron chi connectivity index (χ2n) is 8.59. The third kappa shape index (κ3) is 4.84. The molecule has 34 heavy (non-hydrogen) atoms. The fraction of sp³-hybridized carbons (Fsp3) is 0.259. The van der Waals surface area contributed by atoms with Gasteiger partial charge in [-0.05, 0) is 41.8 Å². The van der Waals surface area contributed by atoms with Crippen molar-refractivity contribution in [1.29, 1.82) is 0 Å². The number of ether oxygens (including phenoxy) is 2. The topological polar surface area (TPSA) is 56.1 Å². The van der Waals surface area contributed by atoms with Crippen molar-refractivity contribution in [2.75, 3.05) is 32.7 Å². The van der Waals surface area contributed by atoms with Crippen molar-refractivity contribution in [3.63, 3.8) is 0 Å². The minimum atomic E-state index is -0.0922. The predicted molar refractivity (Wildman–Crippen MR) is 141 cm³/mol. The third-order valence-electron chi connectivity index (χ3n) is 5.38. The quantitative estimate of drug-likeness (QED) is 0.327. The number of benzene rings is 2. The molecule has 2 aromatic carbocycles. The van der Waals surface area contributed by atoms with Crippen LogP contribution in [0.3, 0.4) is 0 Å². The van der Waals surface area contributed by atoms with Gasteiger partial charge in [-0.15, -0.1) is 11.3 Å². The molecule has 2 aromatic heterocycles.